The molecule has 0 bridgehead atoms. The number of hydrogen-bond donors (Lipinski definition) is 0. The first-order valence-electron chi connectivity index (χ1n) is 13.3. The zero-order valence-electron chi connectivity index (χ0n) is 21.5. The average Bonchev–Trinajstić information content (AvgIpc) is 3.54. The Bertz CT molecular complexity index is 2190. The van der Waals surface area contributed by atoms with Crippen LogP contribution >= 0.6 is 0 Å². The molecule has 0 saturated carbocycles. The van der Waals surface area contributed by atoms with Crippen molar-refractivity contribution in [2.45, 2.75) is 0 Å². The number of fused-ring (bicyclic) bond motifs is 6. The second-order valence-corrected chi connectivity index (χ2v) is 9.96. The van der Waals surface area contributed by atoms with E-state index in [0.29, 0.717) is 5.56 Å². The number of pyridine rings is 1. The molecule has 4 nitrogen and oxygen atoms in total. The van der Waals surface area contributed by atoms with Crippen molar-refractivity contribution in [1.82, 2.24) is 14.1 Å². The van der Waals surface area contributed by atoms with Gasteiger partial charge in [-0.05, 0) is 54.6 Å². The maximum atomic E-state index is 9.93. The zero-order chi connectivity index (χ0) is 26.6. The van der Waals surface area contributed by atoms with E-state index in [9.17, 15) is 5.26 Å². The Labute approximate surface area is 230 Å². The Morgan fingerprint density at radius 1 is 0.500 bits per heavy atom. The summed E-state index contributed by atoms with van der Waals surface area (Å²) >= 11 is 0. The number of rotatable bonds is 3. The molecule has 0 spiro atoms. The first-order chi connectivity index (χ1) is 19.8. The second-order valence-electron chi connectivity index (χ2n) is 9.96. The number of benzene rings is 5. The predicted octanol–water partition coefficient (Wildman–Crippen LogP) is 8.81. The van der Waals surface area contributed by atoms with Crippen LogP contribution in [0.4, 0.5) is 0 Å². The van der Waals surface area contributed by atoms with Gasteiger partial charge in [0.25, 0.3) is 0 Å². The maximum Gasteiger partial charge on any atom is 0.145 e. The average molecular weight is 511 g/mol. The molecule has 0 fully saturated rings. The van der Waals surface area contributed by atoms with E-state index < -0.39 is 0 Å². The fraction of sp³-hybridized carbons (Fsp3) is 0. The first kappa shape index (κ1) is 22.3. The lowest BCUT2D eigenvalue weighted by Gasteiger charge is -2.18. The Kier molecular flexibility index (Phi) is 4.85. The molecule has 0 aliphatic rings. The standard InChI is InChI=1S/C36H22N4/c37-23-24-19-20-35(39-31-15-5-1-10-25(31)26-11-2-6-16-32(26)39)30(22-24)29-14-9-21-38-36(29)40-33-17-7-3-12-27(33)28-13-4-8-18-34(28)40/h1-22H. The van der Waals surface area contributed by atoms with E-state index in [2.05, 4.69) is 124 Å². The van der Waals surface area contributed by atoms with Gasteiger partial charge < -0.3 is 4.57 Å². The summed E-state index contributed by atoms with van der Waals surface area (Å²) in [5.41, 5.74) is 7.97. The molecule has 3 aromatic heterocycles. The third kappa shape index (κ3) is 3.15. The van der Waals surface area contributed by atoms with Crippen molar-refractivity contribution < 1.29 is 0 Å². The van der Waals surface area contributed by atoms with Crippen molar-refractivity contribution in [3.63, 3.8) is 0 Å². The molecule has 40 heavy (non-hydrogen) atoms. The monoisotopic (exact) mass is 510 g/mol. The van der Waals surface area contributed by atoms with Crippen molar-refractivity contribution >= 4 is 43.6 Å². The molecule has 0 aliphatic carbocycles. The molecule has 0 atom stereocenters. The van der Waals surface area contributed by atoms with Crippen molar-refractivity contribution in [3.8, 4) is 28.7 Å². The molecule has 186 valence electrons. The zero-order valence-corrected chi connectivity index (χ0v) is 21.5. The summed E-state index contributed by atoms with van der Waals surface area (Å²) < 4.78 is 4.55. The minimum absolute atomic E-state index is 0.608. The summed E-state index contributed by atoms with van der Waals surface area (Å²) in [7, 11) is 0. The minimum atomic E-state index is 0.608. The van der Waals surface area contributed by atoms with Gasteiger partial charge in [0.2, 0.25) is 0 Å². The van der Waals surface area contributed by atoms with Crippen LogP contribution in [0, 0.1) is 11.3 Å². The summed E-state index contributed by atoms with van der Waals surface area (Å²) in [4.78, 5) is 4.97. The van der Waals surface area contributed by atoms with Gasteiger partial charge in [0.05, 0.1) is 39.4 Å². The summed E-state index contributed by atoms with van der Waals surface area (Å²) in [6.07, 6.45) is 1.84. The number of nitriles is 1. The quantitative estimate of drug-likeness (QED) is 0.238. The van der Waals surface area contributed by atoms with E-state index in [1.54, 1.807) is 0 Å². The van der Waals surface area contributed by atoms with E-state index in [-0.39, 0.29) is 0 Å². The van der Waals surface area contributed by atoms with Gasteiger partial charge in [0, 0.05) is 38.9 Å². The SMILES string of the molecule is N#Cc1ccc(-n2c3ccccc3c3ccccc32)c(-c2cccnc2-n2c3ccccc3c3ccccc32)c1. The summed E-state index contributed by atoms with van der Waals surface area (Å²) in [6.45, 7) is 0. The summed E-state index contributed by atoms with van der Waals surface area (Å²) in [6, 6.07) is 46.3. The van der Waals surface area contributed by atoms with Gasteiger partial charge in [-0.1, -0.05) is 72.8 Å². The van der Waals surface area contributed by atoms with Crippen LogP contribution in [0.3, 0.4) is 0 Å². The van der Waals surface area contributed by atoms with Crippen LogP contribution in [0.15, 0.2) is 134 Å². The van der Waals surface area contributed by atoms with Gasteiger partial charge >= 0.3 is 0 Å². The lowest BCUT2D eigenvalue weighted by molar-refractivity contribution is 1.08. The molecule has 0 radical (unpaired) electrons. The molecule has 4 heteroatoms. The Hall–Kier alpha value is -5.66. The lowest BCUT2D eigenvalue weighted by atomic mass is 10.0. The summed E-state index contributed by atoms with van der Waals surface area (Å²) in [5.74, 6) is 0.831. The number of aromatic nitrogens is 3. The normalized spacial score (nSPS) is 11.5. The van der Waals surface area contributed by atoms with Crippen molar-refractivity contribution in [3.05, 3.63) is 139 Å². The fourth-order valence-corrected chi connectivity index (χ4v) is 6.13. The minimum Gasteiger partial charge on any atom is -0.309 e. The van der Waals surface area contributed by atoms with E-state index in [1.807, 2.05) is 24.4 Å². The second kappa shape index (κ2) is 8.69. The van der Waals surface area contributed by atoms with Gasteiger partial charge in [-0.25, -0.2) is 4.98 Å². The van der Waals surface area contributed by atoms with Crippen molar-refractivity contribution in [2.24, 2.45) is 0 Å². The van der Waals surface area contributed by atoms with Crippen LogP contribution in [0.25, 0.3) is 66.2 Å². The predicted molar refractivity (Wildman–Crippen MR) is 163 cm³/mol. The highest BCUT2D eigenvalue weighted by molar-refractivity contribution is 6.11. The van der Waals surface area contributed by atoms with Crippen molar-refractivity contribution in [2.75, 3.05) is 0 Å². The van der Waals surface area contributed by atoms with Gasteiger partial charge in [0.15, 0.2) is 0 Å². The molecule has 0 amide bonds. The molecule has 0 unspecified atom stereocenters. The molecular formula is C36H22N4. The number of para-hydroxylation sites is 4. The largest absolute Gasteiger partial charge is 0.309 e. The van der Waals surface area contributed by atoms with Crippen LogP contribution < -0.4 is 0 Å². The third-order valence-corrected chi connectivity index (χ3v) is 7.82. The highest BCUT2D eigenvalue weighted by Gasteiger charge is 2.20. The molecule has 0 saturated heterocycles. The van der Waals surface area contributed by atoms with Crippen LogP contribution in [-0.4, -0.2) is 14.1 Å². The Balaban J connectivity index is 1.50. The molecule has 0 N–H and O–H groups in total. The van der Waals surface area contributed by atoms with Gasteiger partial charge in [-0.15, -0.1) is 0 Å². The molecule has 5 aromatic carbocycles. The first-order valence-corrected chi connectivity index (χ1v) is 13.3. The van der Waals surface area contributed by atoms with E-state index in [1.165, 1.54) is 21.5 Å². The van der Waals surface area contributed by atoms with Crippen molar-refractivity contribution in [1.29, 1.82) is 5.26 Å². The highest BCUT2D eigenvalue weighted by Crippen LogP contribution is 2.40. The molecule has 8 rings (SSSR count). The smallest absolute Gasteiger partial charge is 0.145 e. The van der Waals surface area contributed by atoms with E-state index in [4.69, 9.17) is 4.98 Å². The van der Waals surface area contributed by atoms with Gasteiger partial charge in [-0.2, -0.15) is 5.26 Å². The summed E-state index contributed by atoms with van der Waals surface area (Å²) in [5, 5.41) is 14.7. The van der Waals surface area contributed by atoms with Crippen LogP contribution in [0.1, 0.15) is 5.56 Å². The Morgan fingerprint density at radius 2 is 1.00 bits per heavy atom. The van der Waals surface area contributed by atoms with Gasteiger partial charge in [0.1, 0.15) is 5.82 Å². The molecular weight excluding hydrogens is 488 g/mol. The molecule has 8 aromatic rings. The Morgan fingerprint density at radius 3 is 1.52 bits per heavy atom. The number of hydrogen-bond acceptors (Lipinski definition) is 2. The third-order valence-electron chi connectivity index (χ3n) is 7.82. The van der Waals surface area contributed by atoms with Crippen LogP contribution in [0.5, 0.6) is 0 Å². The molecule has 0 aliphatic heterocycles. The van der Waals surface area contributed by atoms with Crippen LogP contribution in [-0.2, 0) is 0 Å². The highest BCUT2D eigenvalue weighted by atomic mass is 15.1. The molecule has 3 heterocycles. The fourth-order valence-electron chi connectivity index (χ4n) is 6.13. The van der Waals surface area contributed by atoms with Crippen LogP contribution in [0.2, 0.25) is 0 Å². The lowest BCUT2D eigenvalue weighted by Crippen LogP contribution is -2.03. The van der Waals surface area contributed by atoms with E-state index >= 15 is 0 Å². The maximum absolute atomic E-state index is 9.93. The van der Waals surface area contributed by atoms with E-state index in [0.717, 1.165) is 44.7 Å². The number of nitrogens with zero attached hydrogens (tertiary/aromatic N) is 4. The topological polar surface area (TPSA) is 46.5 Å². The van der Waals surface area contributed by atoms with Gasteiger partial charge in [-0.3, -0.25) is 4.57 Å².